The average molecular weight is 484 g/mol. The number of ketones is 2. The number of carbonyl (C=O) groups is 2. The van der Waals surface area contributed by atoms with Crippen LogP contribution in [-0.2, 0) is 16.7 Å². The van der Waals surface area contributed by atoms with E-state index in [2.05, 4.69) is 5.32 Å². The summed E-state index contributed by atoms with van der Waals surface area (Å²) in [4.78, 5) is 27.0. The Morgan fingerprint density at radius 1 is 0.714 bits per heavy atom. The van der Waals surface area contributed by atoms with Gasteiger partial charge in [-0.25, -0.2) is 0 Å². The van der Waals surface area contributed by atoms with Crippen molar-refractivity contribution in [1.29, 1.82) is 0 Å². The molecule has 4 aromatic carbocycles. The minimum absolute atomic E-state index is 0.0434. The molecule has 0 fully saturated rings. The van der Waals surface area contributed by atoms with Gasteiger partial charge >= 0.3 is 10.1 Å². The van der Waals surface area contributed by atoms with Gasteiger partial charge < -0.3 is 9.50 Å². The number of hydrogen-bond donors (Lipinski definition) is 1. The van der Waals surface area contributed by atoms with Crippen LogP contribution in [-0.4, -0.2) is 20.0 Å². The fraction of sp³-hybridized carbons (Fsp3) is 0.0714. The van der Waals surface area contributed by atoms with Crippen LogP contribution in [0.15, 0.2) is 95.9 Å². The predicted molar refractivity (Wildman–Crippen MR) is 133 cm³/mol. The van der Waals surface area contributed by atoms with E-state index >= 15 is 0 Å². The molecule has 0 saturated carbocycles. The van der Waals surface area contributed by atoms with E-state index < -0.39 is 15.9 Å². The summed E-state index contributed by atoms with van der Waals surface area (Å²) in [6.07, 6.45) is 0. The summed E-state index contributed by atoms with van der Waals surface area (Å²) < 4.78 is 31.4. The van der Waals surface area contributed by atoms with Gasteiger partial charge in [0.15, 0.2) is 17.3 Å². The quantitative estimate of drug-likeness (QED) is 0.336. The van der Waals surface area contributed by atoms with E-state index in [1.165, 1.54) is 18.2 Å². The third kappa shape index (κ3) is 4.22. The highest BCUT2D eigenvalue weighted by Crippen LogP contribution is 2.38. The second kappa shape index (κ2) is 8.85. The molecule has 4 aromatic rings. The SMILES string of the molecule is Cc1ccc(S(=O)(=O)Oc2ccc(NCc3ccccc3)c3c2C(=O)c2ccccc2C3=O)cc1. The number of fused-ring (bicyclic) bond motifs is 2. The van der Waals surface area contributed by atoms with E-state index in [1.807, 2.05) is 37.3 Å². The third-order valence-corrected chi connectivity index (χ3v) is 7.12. The maximum Gasteiger partial charge on any atom is 0.339 e. The monoisotopic (exact) mass is 483 g/mol. The summed E-state index contributed by atoms with van der Waals surface area (Å²) in [6, 6.07) is 25.3. The Morgan fingerprint density at radius 2 is 1.31 bits per heavy atom. The predicted octanol–water partition coefficient (Wildman–Crippen LogP) is 5.15. The molecule has 0 unspecified atom stereocenters. The van der Waals surface area contributed by atoms with Gasteiger partial charge in [0.05, 0.1) is 11.1 Å². The van der Waals surface area contributed by atoms with Gasteiger partial charge in [-0.05, 0) is 36.8 Å². The van der Waals surface area contributed by atoms with Gasteiger partial charge in [0.25, 0.3) is 0 Å². The lowest BCUT2D eigenvalue weighted by Crippen LogP contribution is -2.24. The maximum absolute atomic E-state index is 13.5. The lowest BCUT2D eigenvalue weighted by molar-refractivity contribution is 0.0978. The number of benzene rings is 4. The molecule has 1 N–H and O–H groups in total. The van der Waals surface area contributed by atoms with Crippen molar-refractivity contribution in [3.63, 3.8) is 0 Å². The average Bonchev–Trinajstić information content (AvgIpc) is 2.87. The van der Waals surface area contributed by atoms with Gasteiger partial charge in [-0.1, -0.05) is 72.3 Å². The first-order valence-corrected chi connectivity index (χ1v) is 12.4. The lowest BCUT2D eigenvalue weighted by atomic mass is 9.82. The zero-order valence-corrected chi connectivity index (χ0v) is 19.6. The minimum atomic E-state index is -4.23. The molecule has 0 amide bonds. The topological polar surface area (TPSA) is 89.5 Å². The standard InChI is InChI=1S/C28H21NO5S/c1-18-11-13-20(14-12-18)35(32,33)34-24-16-15-23(29-17-19-7-3-2-4-8-19)25-26(24)28(31)22-10-6-5-9-21(22)27(25)30/h2-16,29H,17H2,1H3. The Balaban J connectivity index is 1.61. The fourth-order valence-electron chi connectivity index (χ4n) is 4.07. The van der Waals surface area contributed by atoms with Crippen LogP contribution in [0.2, 0.25) is 0 Å². The highest BCUT2D eigenvalue weighted by molar-refractivity contribution is 7.87. The van der Waals surface area contributed by atoms with Gasteiger partial charge in [0.1, 0.15) is 4.90 Å². The Labute approximate surface area is 203 Å². The smallest absolute Gasteiger partial charge is 0.339 e. The van der Waals surface area contributed by atoms with Crippen molar-refractivity contribution in [3.05, 3.63) is 124 Å². The molecule has 0 aliphatic heterocycles. The molecular weight excluding hydrogens is 462 g/mol. The Bertz CT molecular complexity index is 1560. The summed E-state index contributed by atoms with van der Waals surface area (Å²) >= 11 is 0. The van der Waals surface area contributed by atoms with E-state index in [0.29, 0.717) is 12.2 Å². The first-order chi connectivity index (χ1) is 16.8. The molecule has 174 valence electrons. The molecule has 0 bridgehead atoms. The number of carbonyl (C=O) groups excluding carboxylic acids is 2. The third-order valence-electron chi connectivity index (χ3n) is 5.87. The number of rotatable bonds is 6. The van der Waals surface area contributed by atoms with E-state index in [9.17, 15) is 18.0 Å². The van der Waals surface area contributed by atoms with E-state index in [4.69, 9.17) is 4.18 Å². The number of nitrogens with one attached hydrogen (secondary N) is 1. The zero-order valence-electron chi connectivity index (χ0n) is 18.8. The summed E-state index contributed by atoms with van der Waals surface area (Å²) in [5.74, 6) is -1.02. The second-order valence-corrected chi connectivity index (χ2v) is 9.80. The Morgan fingerprint density at radius 3 is 1.97 bits per heavy atom. The van der Waals surface area contributed by atoms with Gasteiger partial charge in [0, 0.05) is 23.4 Å². The molecule has 7 heteroatoms. The maximum atomic E-state index is 13.5. The van der Waals surface area contributed by atoms with Crippen molar-refractivity contribution < 1.29 is 22.2 Å². The van der Waals surface area contributed by atoms with Crippen LogP contribution in [0.1, 0.15) is 43.0 Å². The lowest BCUT2D eigenvalue weighted by Gasteiger charge is -2.23. The first-order valence-electron chi connectivity index (χ1n) is 11.0. The molecule has 0 atom stereocenters. The van der Waals surface area contributed by atoms with E-state index in [0.717, 1.165) is 11.1 Å². The molecule has 0 radical (unpaired) electrons. The first kappa shape index (κ1) is 22.6. The fourth-order valence-corrected chi connectivity index (χ4v) is 5.02. The Hall–Kier alpha value is -4.23. The number of anilines is 1. The van der Waals surface area contributed by atoms with E-state index in [1.54, 1.807) is 42.5 Å². The molecule has 0 aromatic heterocycles. The van der Waals surface area contributed by atoms with Gasteiger partial charge in [-0.15, -0.1) is 0 Å². The van der Waals surface area contributed by atoms with Crippen LogP contribution < -0.4 is 9.50 Å². The molecule has 6 nitrogen and oxygen atoms in total. The Kier molecular flexibility index (Phi) is 5.70. The van der Waals surface area contributed by atoms with E-state index in [-0.39, 0.29) is 38.7 Å². The summed E-state index contributed by atoms with van der Waals surface area (Å²) in [7, 11) is -4.23. The van der Waals surface area contributed by atoms with Crippen LogP contribution in [0.3, 0.4) is 0 Å². The van der Waals surface area contributed by atoms with Crippen molar-refractivity contribution in [2.24, 2.45) is 0 Å². The normalized spacial score (nSPS) is 12.6. The van der Waals surface area contributed by atoms with Crippen molar-refractivity contribution in [2.45, 2.75) is 18.4 Å². The van der Waals surface area contributed by atoms with Crippen LogP contribution in [0.25, 0.3) is 0 Å². The van der Waals surface area contributed by atoms with Crippen LogP contribution in [0, 0.1) is 6.92 Å². The summed E-state index contributed by atoms with van der Waals surface area (Å²) in [6.45, 7) is 2.26. The van der Waals surface area contributed by atoms with Gasteiger partial charge in [0.2, 0.25) is 0 Å². The minimum Gasteiger partial charge on any atom is -0.380 e. The molecule has 1 aliphatic carbocycles. The highest BCUT2D eigenvalue weighted by atomic mass is 32.2. The van der Waals surface area contributed by atoms with Gasteiger partial charge in [-0.3, -0.25) is 9.59 Å². The second-order valence-electron chi connectivity index (χ2n) is 8.25. The highest BCUT2D eigenvalue weighted by Gasteiger charge is 2.35. The molecule has 1 aliphatic rings. The molecule has 0 heterocycles. The largest absolute Gasteiger partial charge is 0.380 e. The number of hydrogen-bond acceptors (Lipinski definition) is 6. The van der Waals surface area contributed by atoms with Gasteiger partial charge in [-0.2, -0.15) is 8.42 Å². The summed E-state index contributed by atoms with van der Waals surface area (Å²) in [5.41, 5.74) is 2.82. The molecule has 35 heavy (non-hydrogen) atoms. The van der Waals surface area contributed by atoms with Crippen molar-refractivity contribution in [1.82, 2.24) is 0 Å². The van der Waals surface area contributed by atoms with Crippen molar-refractivity contribution in [2.75, 3.05) is 5.32 Å². The number of aryl methyl sites for hydroxylation is 1. The molecule has 0 saturated heterocycles. The zero-order chi connectivity index (χ0) is 24.6. The summed E-state index contributed by atoms with van der Waals surface area (Å²) in [5, 5.41) is 3.22. The molecule has 0 spiro atoms. The molecular formula is C28H21NO5S. The van der Waals surface area contributed by atoms with Crippen molar-refractivity contribution >= 4 is 27.4 Å². The van der Waals surface area contributed by atoms with Crippen LogP contribution >= 0.6 is 0 Å². The molecule has 5 rings (SSSR count). The van der Waals surface area contributed by atoms with Crippen molar-refractivity contribution in [3.8, 4) is 5.75 Å². The van der Waals surface area contributed by atoms with Crippen LogP contribution in [0.4, 0.5) is 5.69 Å². The van der Waals surface area contributed by atoms with Crippen LogP contribution in [0.5, 0.6) is 5.75 Å².